The maximum absolute atomic E-state index is 12.6. The number of nitrogens with one attached hydrogen (secondary N) is 2. The van der Waals surface area contributed by atoms with Crippen LogP contribution in [0.15, 0.2) is 67.4 Å². The predicted molar refractivity (Wildman–Crippen MR) is 123 cm³/mol. The van der Waals surface area contributed by atoms with Gasteiger partial charge in [-0.15, -0.1) is 13.2 Å². The van der Waals surface area contributed by atoms with E-state index < -0.39 is 12.1 Å². The fraction of sp³-hybridized carbons (Fsp3) is 0.304. The molecule has 1 saturated heterocycles. The van der Waals surface area contributed by atoms with Gasteiger partial charge in [-0.25, -0.2) is 9.97 Å². The van der Waals surface area contributed by atoms with Gasteiger partial charge in [-0.1, -0.05) is 25.3 Å². The van der Waals surface area contributed by atoms with Crippen LogP contribution in [0.5, 0.6) is 0 Å². The highest BCUT2D eigenvalue weighted by Gasteiger charge is 2.30. The molecule has 2 heterocycles. The van der Waals surface area contributed by atoms with Gasteiger partial charge in [0, 0.05) is 43.0 Å². The Hall–Kier alpha value is -3.77. The summed E-state index contributed by atoms with van der Waals surface area (Å²) in [6.45, 7) is 11.2. The number of morpholine rings is 1. The topological polar surface area (TPSA) is 102 Å². The van der Waals surface area contributed by atoms with E-state index >= 15 is 0 Å². The van der Waals surface area contributed by atoms with Gasteiger partial charge in [0.2, 0.25) is 5.95 Å². The monoisotopic (exact) mass is 490 g/mol. The standard InChI is InChI=1S/C23H25F3N6O3/c1-16(6-7-17(2)35-23(24,25)26)30-22-29-15-28-20(31-22)18-4-3-5-19(14-18)21(33)27-8-9-32-10-12-34-13-11-32/h3-7,14-15H,1-2,8-13H2,(H,27,33)(H,28,29,30,31)/b7-6-. The van der Waals surface area contributed by atoms with Gasteiger partial charge in [0.15, 0.2) is 5.82 Å². The molecule has 0 bridgehead atoms. The third kappa shape index (κ3) is 8.83. The van der Waals surface area contributed by atoms with Crippen molar-refractivity contribution in [3.63, 3.8) is 0 Å². The van der Waals surface area contributed by atoms with E-state index in [1.165, 1.54) is 12.4 Å². The number of halogens is 3. The van der Waals surface area contributed by atoms with Crippen molar-refractivity contribution in [1.82, 2.24) is 25.2 Å². The van der Waals surface area contributed by atoms with E-state index in [9.17, 15) is 18.0 Å². The summed E-state index contributed by atoms with van der Waals surface area (Å²) < 4.78 is 45.5. The molecule has 1 fully saturated rings. The average Bonchev–Trinajstić information content (AvgIpc) is 2.82. The summed E-state index contributed by atoms with van der Waals surface area (Å²) in [5, 5.41) is 5.66. The molecule has 2 N–H and O–H groups in total. The Balaban J connectivity index is 1.58. The largest absolute Gasteiger partial charge is 0.573 e. The number of rotatable bonds is 10. The number of carbonyl (C=O) groups excluding carboxylic acids is 1. The van der Waals surface area contributed by atoms with Crippen LogP contribution in [0.25, 0.3) is 11.4 Å². The van der Waals surface area contributed by atoms with Crippen molar-refractivity contribution in [3.05, 3.63) is 72.9 Å². The molecule has 0 radical (unpaired) electrons. The molecule has 0 aliphatic carbocycles. The number of hydrogen-bond donors (Lipinski definition) is 2. The molecular weight excluding hydrogens is 465 g/mol. The second kappa shape index (κ2) is 12.1. The number of benzene rings is 1. The molecule has 0 atom stereocenters. The number of allylic oxidation sites excluding steroid dienone is 2. The number of carbonyl (C=O) groups is 1. The van der Waals surface area contributed by atoms with Crippen molar-refractivity contribution in [3.8, 4) is 11.4 Å². The van der Waals surface area contributed by atoms with E-state index in [0.717, 1.165) is 25.7 Å². The minimum atomic E-state index is -4.83. The van der Waals surface area contributed by atoms with E-state index in [1.54, 1.807) is 24.3 Å². The lowest BCUT2D eigenvalue weighted by Crippen LogP contribution is -2.41. The fourth-order valence-corrected chi connectivity index (χ4v) is 3.11. The molecule has 0 saturated carbocycles. The first-order valence-electron chi connectivity index (χ1n) is 10.7. The highest BCUT2D eigenvalue weighted by molar-refractivity contribution is 5.95. The molecule has 1 aromatic heterocycles. The van der Waals surface area contributed by atoms with Gasteiger partial charge in [-0.05, 0) is 24.3 Å². The van der Waals surface area contributed by atoms with E-state index in [1.807, 2.05) is 0 Å². The maximum Gasteiger partial charge on any atom is 0.573 e. The first-order valence-corrected chi connectivity index (χ1v) is 10.7. The van der Waals surface area contributed by atoms with E-state index in [4.69, 9.17) is 4.74 Å². The number of alkyl halides is 3. The lowest BCUT2D eigenvalue weighted by atomic mass is 10.1. The fourth-order valence-electron chi connectivity index (χ4n) is 3.11. The molecule has 3 rings (SSSR count). The van der Waals surface area contributed by atoms with Crippen molar-refractivity contribution in [2.24, 2.45) is 0 Å². The maximum atomic E-state index is 12.6. The molecule has 35 heavy (non-hydrogen) atoms. The quantitative estimate of drug-likeness (QED) is 0.387. The van der Waals surface area contributed by atoms with E-state index in [2.05, 4.69) is 48.4 Å². The Labute approximate surface area is 200 Å². The molecule has 1 aliphatic heterocycles. The smallest absolute Gasteiger partial charge is 0.406 e. The highest BCUT2D eigenvalue weighted by atomic mass is 19.4. The molecule has 1 aliphatic rings. The van der Waals surface area contributed by atoms with E-state index in [0.29, 0.717) is 36.7 Å². The Kier molecular flexibility index (Phi) is 8.92. The third-order valence-electron chi connectivity index (χ3n) is 4.76. The molecule has 1 aromatic carbocycles. The molecule has 12 heteroatoms. The minimum Gasteiger partial charge on any atom is -0.406 e. The molecule has 1 amide bonds. The predicted octanol–water partition coefficient (Wildman–Crippen LogP) is 3.13. The Morgan fingerprint density at radius 2 is 1.97 bits per heavy atom. The normalized spacial score (nSPS) is 14.5. The van der Waals surface area contributed by atoms with Gasteiger partial charge in [0.05, 0.1) is 13.2 Å². The number of ether oxygens (including phenoxy) is 2. The lowest BCUT2D eigenvalue weighted by Gasteiger charge is -2.26. The van der Waals surface area contributed by atoms with Crippen LogP contribution in [-0.2, 0) is 9.47 Å². The Morgan fingerprint density at radius 3 is 2.71 bits per heavy atom. The van der Waals surface area contributed by atoms with Crippen LogP contribution in [0.1, 0.15) is 10.4 Å². The van der Waals surface area contributed by atoms with Crippen molar-refractivity contribution in [1.29, 1.82) is 0 Å². The first-order chi connectivity index (χ1) is 16.7. The number of hydrogen-bond acceptors (Lipinski definition) is 8. The molecule has 2 aromatic rings. The van der Waals surface area contributed by atoms with Gasteiger partial charge in [0.1, 0.15) is 12.1 Å². The van der Waals surface area contributed by atoms with Crippen molar-refractivity contribution in [2.75, 3.05) is 44.7 Å². The van der Waals surface area contributed by atoms with Crippen LogP contribution in [0, 0.1) is 0 Å². The molecule has 0 spiro atoms. The zero-order chi connectivity index (χ0) is 25.3. The Bertz CT molecular complexity index is 1080. The third-order valence-corrected chi connectivity index (χ3v) is 4.76. The van der Waals surface area contributed by atoms with Gasteiger partial charge >= 0.3 is 6.36 Å². The van der Waals surface area contributed by atoms with Crippen molar-refractivity contribution >= 4 is 11.9 Å². The van der Waals surface area contributed by atoms with Crippen molar-refractivity contribution < 1.29 is 27.4 Å². The van der Waals surface area contributed by atoms with Crippen LogP contribution in [0.3, 0.4) is 0 Å². The van der Waals surface area contributed by atoms with Crippen molar-refractivity contribution in [2.45, 2.75) is 6.36 Å². The zero-order valence-corrected chi connectivity index (χ0v) is 18.8. The van der Waals surface area contributed by atoms with Crippen LogP contribution in [-0.4, -0.2) is 71.5 Å². The van der Waals surface area contributed by atoms with Crippen LogP contribution >= 0.6 is 0 Å². The SMILES string of the molecule is C=C(/C=C\C(=C)OC(F)(F)F)Nc1ncnc(-c2cccc(C(=O)NCCN3CCOCC3)c2)n1. The summed E-state index contributed by atoms with van der Waals surface area (Å²) in [5.74, 6) is -0.399. The number of nitrogens with zero attached hydrogens (tertiary/aromatic N) is 4. The summed E-state index contributed by atoms with van der Waals surface area (Å²) in [7, 11) is 0. The van der Waals surface area contributed by atoms with Gasteiger partial charge in [0.25, 0.3) is 5.91 Å². The van der Waals surface area contributed by atoms with E-state index in [-0.39, 0.29) is 17.6 Å². The van der Waals surface area contributed by atoms with Crippen LogP contribution in [0.2, 0.25) is 0 Å². The summed E-state index contributed by atoms with van der Waals surface area (Å²) in [5.41, 5.74) is 1.24. The second-order valence-corrected chi connectivity index (χ2v) is 7.42. The Morgan fingerprint density at radius 1 is 1.20 bits per heavy atom. The molecule has 0 unspecified atom stereocenters. The second-order valence-electron chi connectivity index (χ2n) is 7.42. The summed E-state index contributed by atoms with van der Waals surface area (Å²) in [6.07, 6.45) is -1.32. The van der Waals surface area contributed by atoms with Crippen LogP contribution < -0.4 is 10.6 Å². The summed E-state index contributed by atoms with van der Waals surface area (Å²) in [4.78, 5) is 27.2. The number of anilines is 1. The molecule has 9 nitrogen and oxygen atoms in total. The van der Waals surface area contributed by atoms with Gasteiger partial charge < -0.3 is 20.1 Å². The lowest BCUT2D eigenvalue weighted by molar-refractivity contribution is -0.303. The first kappa shape index (κ1) is 25.8. The van der Waals surface area contributed by atoms with Crippen LogP contribution in [0.4, 0.5) is 19.1 Å². The molecular formula is C23H25F3N6O3. The summed E-state index contributed by atoms with van der Waals surface area (Å²) >= 11 is 0. The van der Waals surface area contributed by atoms with Gasteiger partial charge in [-0.2, -0.15) is 4.98 Å². The zero-order valence-electron chi connectivity index (χ0n) is 18.8. The molecule has 186 valence electrons. The number of amides is 1. The van der Waals surface area contributed by atoms with Gasteiger partial charge in [-0.3, -0.25) is 9.69 Å². The number of aromatic nitrogens is 3. The highest BCUT2D eigenvalue weighted by Crippen LogP contribution is 2.21. The minimum absolute atomic E-state index is 0.118. The average molecular weight is 490 g/mol. The summed E-state index contributed by atoms with van der Waals surface area (Å²) in [6, 6.07) is 6.82.